The van der Waals surface area contributed by atoms with E-state index in [1.165, 1.54) is 4.90 Å². The smallest absolute Gasteiger partial charge is 0.273 e. The van der Waals surface area contributed by atoms with E-state index in [9.17, 15) is 14.4 Å². The van der Waals surface area contributed by atoms with Crippen molar-refractivity contribution in [1.82, 2.24) is 9.69 Å². The van der Waals surface area contributed by atoms with Crippen molar-refractivity contribution < 1.29 is 19.1 Å². The Morgan fingerprint density at radius 2 is 1.82 bits per heavy atom. The van der Waals surface area contributed by atoms with Crippen LogP contribution in [0.4, 0.5) is 11.4 Å². The number of amides is 3. The molecule has 9 nitrogen and oxygen atoms in total. The molecule has 0 bridgehead atoms. The number of primary amides is 1. The highest BCUT2D eigenvalue weighted by Gasteiger charge is 2.37. The van der Waals surface area contributed by atoms with Crippen LogP contribution in [0.15, 0.2) is 42.5 Å². The molecule has 1 saturated carbocycles. The molecule has 1 atom stereocenters. The predicted molar refractivity (Wildman–Crippen MR) is 149 cm³/mol. The molecule has 0 unspecified atom stereocenters. The number of rotatable bonds is 9. The Morgan fingerprint density at radius 1 is 1.13 bits per heavy atom. The number of nitrogen functional groups attached to an aromatic ring is 1. The second-order valence-electron chi connectivity index (χ2n) is 9.50. The Kier molecular flexibility index (Phi) is 8.31. The second-order valence-corrected chi connectivity index (χ2v) is 10.3. The molecule has 1 aliphatic rings. The number of nitrogens with two attached hydrogens (primary N) is 2. The number of carbonyl (C=O) groups excluding carboxylic acids is 3. The monoisotopic (exact) mass is 535 g/mol. The van der Waals surface area contributed by atoms with Crippen LogP contribution in [-0.2, 0) is 4.79 Å². The first kappa shape index (κ1) is 27.1. The van der Waals surface area contributed by atoms with Gasteiger partial charge in [-0.15, -0.1) is 0 Å². The molecule has 0 saturated heterocycles. The van der Waals surface area contributed by atoms with Crippen molar-refractivity contribution in [3.63, 3.8) is 0 Å². The number of nitrogens with zero attached hydrogens (tertiary/aromatic N) is 2. The lowest BCUT2D eigenvalue weighted by Gasteiger charge is -2.33. The third-order valence-electron chi connectivity index (χ3n) is 6.71. The number of ether oxygens (including phenoxy) is 1. The van der Waals surface area contributed by atoms with Gasteiger partial charge in [-0.3, -0.25) is 19.3 Å². The number of benzene rings is 2. The highest BCUT2D eigenvalue weighted by atomic mass is 32.1. The summed E-state index contributed by atoms with van der Waals surface area (Å²) in [5, 5.41) is 3.16. The van der Waals surface area contributed by atoms with Gasteiger partial charge in [0.2, 0.25) is 5.91 Å². The molecule has 1 fully saturated rings. The summed E-state index contributed by atoms with van der Waals surface area (Å²) >= 11 is 0.793. The van der Waals surface area contributed by atoms with Gasteiger partial charge in [0.05, 0.1) is 12.3 Å². The summed E-state index contributed by atoms with van der Waals surface area (Å²) in [7, 11) is 0. The number of carbonyl (C=O) groups is 3. The van der Waals surface area contributed by atoms with Crippen LogP contribution < -0.4 is 26.4 Å². The highest BCUT2D eigenvalue weighted by molar-refractivity contribution is 7.09. The van der Waals surface area contributed by atoms with Gasteiger partial charge in [-0.25, -0.2) is 0 Å². The van der Waals surface area contributed by atoms with Crippen molar-refractivity contribution in [3.05, 3.63) is 69.7 Å². The van der Waals surface area contributed by atoms with Crippen LogP contribution in [-0.4, -0.2) is 34.7 Å². The van der Waals surface area contributed by atoms with E-state index >= 15 is 0 Å². The molecule has 1 aliphatic carbocycles. The molecule has 10 heteroatoms. The maximum Gasteiger partial charge on any atom is 0.273 e. The number of aryl methyl sites for hydroxylation is 2. The zero-order valence-electron chi connectivity index (χ0n) is 21.8. The number of aromatic nitrogens is 1. The van der Waals surface area contributed by atoms with E-state index in [-0.39, 0.29) is 28.2 Å². The van der Waals surface area contributed by atoms with Crippen LogP contribution in [0, 0.1) is 13.8 Å². The molecular weight excluding hydrogens is 502 g/mol. The molecule has 1 heterocycles. The topological polar surface area (TPSA) is 141 Å². The quantitative estimate of drug-likeness (QED) is 0.373. The molecule has 0 radical (unpaired) electrons. The molecule has 5 N–H and O–H groups in total. The van der Waals surface area contributed by atoms with Gasteiger partial charge in [-0.05, 0) is 80.0 Å². The van der Waals surface area contributed by atoms with Gasteiger partial charge in [-0.2, -0.15) is 4.37 Å². The molecule has 3 amide bonds. The number of hydrogen-bond donors (Lipinski definition) is 3. The van der Waals surface area contributed by atoms with Gasteiger partial charge in [0.1, 0.15) is 16.7 Å². The van der Waals surface area contributed by atoms with Gasteiger partial charge in [0.15, 0.2) is 5.69 Å². The van der Waals surface area contributed by atoms with Gasteiger partial charge in [0.25, 0.3) is 11.8 Å². The number of anilines is 2. The van der Waals surface area contributed by atoms with Crippen molar-refractivity contribution in [2.24, 2.45) is 5.73 Å². The summed E-state index contributed by atoms with van der Waals surface area (Å²) in [5.41, 5.74) is 14.2. The van der Waals surface area contributed by atoms with E-state index in [2.05, 4.69) is 9.69 Å². The van der Waals surface area contributed by atoms with Crippen LogP contribution in [0.5, 0.6) is 5.75 Å². The molecular formula is C28H33N5O4S. The minimum absolute atomic E-state index is 0.0400. The Hall–Kier alpha value is -3.92. The normalized spacial score (nSPS) is 14.2. The largest absolute Gasteiger partial charge is 0.494 e. The van der Waals surface area contributed by atoms with Gasteiger partial charge >= 0.3 is 0 Å². The molecule has 0 aliphatic heterocycles. The molecule has 3 aromatic rings. The van der Waals surface area contributed by atoms with E-state index in [4.69, 9.17) is 16.2 Å². The first-order valence-corrected chi connectivity index (χ1v) is 13.5. The summed E-state index contributed by atoms with van der Waals surface area (Å²) in [6, 6.07) is 11.9. The third kappa shape index (κ3) is 5.65. The van der Waals surface area contributed by atoms with E-state index in [1.807, 2.05) is 39.0 Å². The first-order chi connectivity index (χ1) is 18.2. The van der Waals surface area contributed by atoms with Crippen LogP contribution in [0.3, 0.4) is 0 Å². The summed E-state index contributed by atoms with van der Waals surface area (Å²) in [4.78, 5) is 41.6. The zero-order chi connectivity index (χ0) is 27.4. The SMILES string of the molecule is CCOc1ccc([C@H](C(=O)NC2CCCC2)N(C(=O)c2snc(C(N)=O)c2N)c2cc(C)ccc2C)cc1. The Bertz CT molecular complexity index is 1330. The molecule has 38 heavy (non-hydrogen) atoms. The Labute approximate surface area is 226 Å². The summed E-state index contributed by atoms with van der Waals surface area (Å²) < 4.78 is 9.62. The average molecular weight is 536 g/mol. The lowest BCUT2D eigenvalue weighted by Crippen LogP contribution is -2.46. The van der Waals surface area contributed by atoms with Crippen LogP contribution in [0.25, 0.3) is 0 Å². The molecule has 4 rings (SSSR count). The van der Waals surface area contributed by atoms with Crippen molar-refractivity contribution in [2.75, 3.05) is 17.2 Å². The molecule has 1 aromatic heterocycles. The van der Waals surface area contributed by atoms with Gasteiger partial charge < -0.3 is 21.5 Å². The Balaban J connectivity index is 1.88. The van der Waals surface area contributed by atoms with Crippen molar-refractivity contribution in [2.45, 2.75) is 58.5 Å². The van der Waals surface area contributed by atoms with Crippen molar-refractivity contribution >= 4 is 40.6 Å². The lowest BCUT2D eigenvalue weighted by molar-refractivity contribution is -0.123. The third-order valence-corrected chi connectivity index (χ3v) is 7.56. The fraction of sp³-hybridized carbons (Fsp3) is 0.357. The number of hydrogen-bond acceptors (Lipinski definition) is 7. The maximum atomic E-state index is 14.3. The standard InChI is InChI=1S/C28H33N5O4S/c1-4-37-20-13-11-18(12-14-20)24(27(35)31-19-7-5-6-8-19)33(21-15-16(2)9-10-17(21)3)28(36)25-22(29)23(26(30)34)32-38-25/h9-15,19,24H,4-8,29H2,1-3H3,(H2,30,34)(H,31,35)/t24-/m1/s1. The summed E-state index contributed by atoms with van der Waals surface area (Å²) in [6.07, 6.45) is 3.88. The fourth-order valence-electron chi connectivity index (χ4n) is 4.76. The maximum absolute atomic E-state index is 14.3. The highest BCUT2D eigenvalue weighted by Crippen LogP contribution is 2.36. The minimum atomic E-state index is -1.02. The van der Waals surface area contributed by atoms with Crippen LogP contribution >= 0.6 is 11.5 Å². The van der Waals surface area contributed by atoms with E-state index in [1.54, 1.807) is 24.3 Å². The van der Waals surface area contributed by atoms with Crippen molar-refractivity contribution in [1.29, 1.82) is 0 Å². The lowest BCUT2D eigenvalue weighted by atomic mass is 10.00. The second kappa shape index (κ2) is 11.6. The van der Waals surface area contributed by atoms with Crippen molar-refractivity contribution in [3.8, 4) is 5.75 Å². The van der Waals surface area contributed by atoms with Gasteiger partial charge in [0, 0.05) is 11.7 Å². The van der Waals surface area contributed by atoms with Crippen LogP contribution in [0.2, 0.25) is 0 Å². The minimum Gasteiger partial charge on any atom is -0.494 e. The van der Waals surface area contributed by atoms with Crippen LogP contribution in [0.1, 0.15) is 75.5 Å². The first-order valence-electron chi connectivity index (χ1n) is 12.7. The molecule has 2 aromatic carbocycles. The summed E-state index contributed by atoms with van der Waals surface area (Å²) in [6.45, 7) is 6.20. The average Bonchev–Trinajstić information content (AvgIpc) is 3.54. The zero-order valence-corrected chi connectivity index (χ0v) is 22.6. The Morgan fingerprint density at radius 3 is 2.42 bits per heavy atom. The predicted octanol–water partition coefficient (Wildman–Crippen LogP) is 4.29. The molecule has 200 valence electrons. The summed E-state index contributed by atoms with van der Waals surface area (Å²) in [5.74, 6) is -0.998. The van der Waals surface area contributed by atoms with E-state index < -0.39 is 17.9 Å². The fourth-order valence-corrected chi connectivity index (χ4v) is 5.51. The molecule has 0 spiro atoms. The number of nitrogens with one attached hydrogen (secondary N) is 1. The van der Waals surface area contributed by atoms with E-state index in [0.29, 0.717) is 23.6 Å². The van der Waals surface area contributed by atoms with E-state index in [0.717, 1.165) is 48.3 Å². The van der Waals surface area contributed by atoms with Gasteiger partial charge in [-0.1, -0.05) is 37.1 Å².